The smallest absolute Gasteiger partial charge is 0.259 e. The fraction of sp³-hybridized carbons (Fsp3) is 0.0667. The Morgan fingerprint density at radius 2 is 2.19 bits per heavy atom. The van der Waals surface area contributed by atoms with Gasteiger partial charge in [0.15, 0.2) is 0 Å². The molecule has 1 heterocycles. The summed E-state index contributed by atoms with van der Waals surface area (Å²) in [5.74, 6) is 0.189. The number of hydrogen-bond donors (Lipinski definition) is 3. The molecule has 1 aromatic heterocycles. The zero-order chi connectivity index (χ0) is 14.8. The van der Waals surface area contributed by atoms with Crippen molar-refractivity contribution in [2.24, 2.45) is 0 Å². The van der Waals surface area contributed by atoms with Crippen LogP contribution in [0.2, 0.25) is 0 Å². The second-order valence-electron chi connectivity index (χ2n) is 4.55. The van der Waals surface area contributed by atoms with Crippen molar-refractivity contribution in [2.75, 3.05) is 18.2 Å². The fourth-order valence-corrected chi connectivity index (χ4v) is 2.17. The summed E-state index contributed by atoms with van der Waals surface area (Å²) < 4.78 is 5.20. The molecule has 3 aromatic rings. The standard InChI is InChI=1S/C15H14N4O2/c1-21-14-6-5-9(16)7-10(14)15(20)18-12-3-2-4-13-11(12)8-17-19-13/h2-8H,16H2,1H3,(H,17,19)(H,18,20). The number of aromatic amines is 1. The van der Waals surface area contributed by atoms with Gasteiger partial charge in [-0.3, -0.25) is 9.89 Å². The Labute approximate surface area is 120 Å². The number of anilines is 2. The molecule has 0 aliphatic heterocycles. The summed E-state index contributed by atoms with van der Waals surface area (Å²) in [5, 5.41) is 10.5. The lowest BCUT2D eigenvalue weighted by Crippen LogP contribution is -2.13. The number of benzene rings is 2. The van der Waals surface area contributed by atoms with E-state index in [1.807, 2.05) is 18.2 Å². The molecule has 0 aliphatic carbocycles. The molecule has 0 saturated heterocycles. The number of amides is 1. The SMILES string of the molecule is COc1ccc(N)cc1C(=O)Nc1cccc2[nH]ncc12. The summed E-state index contributed by atoms with van der Waals surface area (Å²) in [6, 6.07) is 10.5. The maximum atomic E-state index is 12.4. The lowest BCUT2D eigenvalue weighted by Gasteiger charge is -2.10. The maximum Gasteiger partial charge on any atom is 0.259 e. The highest BCUT2D eigenvalue weighted by molar-refractivity contribution is 6.10. The maximum absolute atomic E-state index is 12.4. The molecule has 106 valence electrons. The van der Waals surface area contributed by atoms with E-state index >= 15 is 0 Å². The van der Waals surface area contributed by atoms with Crippen LogP contribution in [0.5, 0.6) is 5.75 Å². The molecule has 0 unspecified atom stereocenters. The van der Waals surface area contributed by atoms with E-state index in [4.69, 9.17) is 10.5 Å². The predicted octanol–water partition coefficient (Wildman–Crippen LogP) is 2.41. The number of methoxy groups -OCH3 is 1. The molecule has 4 N–H and O–H groups in total. The van der Waals surface area contributed by atoms with E-state index in [1.165, 1.54) is 7.11 Å². The van der Waals surface area contributed by atoms with Gasteiger partial charge in [-0.15, -0.1) is 0 Å². The summed E-state index contributed by atoms with van der Waals surface area (Å²) in [4.78, 5) is 12.4. The van der Waals surface area contributed by atoms with Gasteiger partial charge in [-0.1, -0.05) is 6.07 Å². The van der Waals surface area contributed by atoms with E-state index in [-0.39, 0.29) is 5.91 Å². The molecule has 3 rings (SSSR count). The first-order valence-electron chi connectivity index (χ1n) is 6.36. The summed E-state index contributed by atoms with van der Waals surface area (Å²) in [6.07, 6.45) is 1.67. The molecular weight excluding hydrogens is 268 g/mol. The highest BCUT2D eigenvalue weighted by Gasteiger charge is 2.14. The molecule has 6 heteroatoms. The first kappa shape index (κ1) is 13.0. The third-order valence-electron chi connectivity index (χ3n) is 3.20. The largest absolute Gasteiger partial charge is 0.496 e. The monoisotopic (exact) mass is 282 g/mol. The van der Waals surface area contributed by atoms with Crippen LogP contribution in [0.4, 0.5) is 11.4 Å². The number of rotatable bonds is 3. The van der Waals surface area contributed by atoms with Crippen molar-refractivity contribution in [3.8, 4) is 5.75 Å². The van der Waals surface area contributed by atoms with Crippen LogP contribution < -0.4 is 15.8 Å². The highest BCUT2D eigenvalue weighted by atomic mass is 16.5. The van der Waals surface area contributed by atoms with E-state index in [0.717, 1.165) is 10.9 Å². The minimum absolute atomic E-state index is 0.284. The molecular formula is C15H14N4O2. The molecule has 0 saturated carbocycles. The van der Waals surface area contributed by atoms with Gasteiger partial charge in [0, 0.05) is 11.1 Å². The van der Waals surface area contributed by atoms with E-state index in [2.05, 4.69) is 15.5 Å². The van der Waals surface area contributed by atoms with Crippen LogP contribution in [0.25, 0.3) is 10.9 Å². The highest BCUT2D eigenvalue weighted by Crippen LogP contribution is 2.25. The molecule has 0 bridgehead atoms. The van der Waals surface area contributed by atoms with Gasteiger partial charge in [-0.25, -0.2) is 0 Å². The molecule has 0 radical (unpaired) electrons. The topological polar surface area (TPSA) is 93.0 Å². The molecule has 0 fully saturated rings. The number of nitrogens with one attached hydrogen (secondary N) is 2. The van der Waals surface area contributed by atoms with Crippen molar-refractivity contribution in [2.45, 2.75) is 0 Å². The second-order valence-corrected chi connectivity index (χ2v) is 4.55. The molecule has 6 nitrogen and oxygen atoms in total. The number of nitrogens with two attached hydrogens (primary N) is 1. The third-order valence-corrected chi connectivity index (χ3v) is 3.20. The summed E-state index contributed by atoms with van der Waals surface area (Å²) in [7, 11) is 1.51. The Balaban J connectivity index is 1.97. The van der Waals surface area contributed by atoms with Crippen molar-refractivity contribution in [3.63, 3.8) is 0 Å². The summed E-state index contributed by atoms with van der Waals surface area (Å²) in [5.41, 5.74) is 8.16. The van der Waals surface area contributed by atoms with Crippen LogP contribution in [0, 0.1) is 0 Å². The van der Waals surface area contributed by atoms with Crippen molar-refractivity contribution < 1.29 is 9.53 Å². The Morgan fingerprint density at radius 1 is 1.33 bits per heavy atom. The Kier molecular flexibility index (Phi) is 3.19. The summed E-state index contributed by atoms with van der Waals surface area (Å²) in [6.45, 7) is 0. The average molecular weight is 282 g/mol. The minimum atomic E-state index is -0.284. The van der Waals surface area contributed by atoms with Crippen molar-refractivity contribution in [1.82, 2.24) is 10.2 Å². The van der Waals surface area contributed by atoms with Gasteiger partial charge in [0.05, 0.1) is 30.1 Å². The molecule has 21 heavy (non-hydrogen) atoms. The van der Waals surface area contributed by atoms with E-state index < -0.39 is 0 Å². The van der Waals surface area contributed by atoms with Crippen molar-refractivity contribution >= 4 is 28.2 Å². The van der Waals surface area contributed by atoms with Crippen molar-refractivity contribution in [3.05, 3.63) is 48.2 Å². The number of H-pyrrole nitrogens is 1. The van der Waals surface area contributed by atoms with Gasteiger partial charge in [-0.05, 0) is 30.3 Å². The number of nitrogen functional groups attached to an aromatic ring is 1. The predicted molar refractivity (Wildman–Crippen MR) is 81.5 cm³/mol. The number of nitrogens with zero attached hydrogens (tertiary/aromatic N) is 1. The van der Waals surface area contributed by atoms with Crippen LogP contribution in [0.15, 0.2) is 42.6 Å². The first-order valence-corrected chi connectivity index (χ1v) is 6.36. The minimum Gasteiger partial charge on any atom is -0.496 e. The Morgan fingerprint density at radius 3 is 3.00 bits per heavy atom. The zero-order valence-electron chi connectivity index (χ0n) is 11.4. The second kappa shape index (κ2) is 5.16. The molecule has 1 amide bonds. The van der Waals surface area contributed by atoms with Crippen LogP contribution in [-0.4, -0.2) is 23.2 Å². The van der Waals surface area contributed by atoms with Crippen LogP contribution >= 0.6 is 0 Å². The molecule has 2 aromatic carbocycles. The quantitative estimate of drug-likeness (QED) is 0.643. The van der Waals surface area contributed by atoms with Crippen LogP contribution in [0.1, 0.15) is 10.4 Å². The van der Waals surface area contributed by atoms with Gasteiger partial charge in [0.2, 0.25) is 0 Å². The van der Waals surface area contributed by atoms with Gasteiger partial charge in [0.25, 0.3) is 5.91 Å². The average Bonchev–Trinajstić information content (AvgIpc) is 2.96. The summed E-state index contributed by atoms with van der Waals surface area (Å²) >= 11 is 0. The number of hydrogen-bond acceptors (Lipinski definition) is 4. The Bertz CT molecular complexity index is 810. The number of carbonyl (C=O) groups excluding carboxylic acids is 1. The van der Waals surface area contributed by atoms with E-state index in [0.29, 0.717) is 22.7 Å². The van der Waals surface area contributed by atoms with Gasteiger partial charge >= 0.3 is 0 Å². The number of aromatic nitrogens is 2. The molecule has 0 spiro atoms. The fourth-order valence-electron chi connectivity index (χ4n) is 2.17. The normalized spacial score (nSPS) is 10.5. The van der Waals surface area contributed by atoms with Crippen molar-refractivity contribution in [1.29, 1.82) is 0 Å². The lowest BCUT2D eigenvalue weighted by atomic mass is 10.1. The van der Waals surface area contributed by atoms with Crippen LogP contribution in [0.3, 0.4) is 0 Å². The van der Waals surface area contributed by atoms with Gasteiger partial charge in [0.1, 0.15) is 5.75 Å². The molecule has 0 atom stereocenters. The third kappa shape index (κ3) is 2.38. The Hall–Kier alpha value is -3.02. The molecule has 0 aliphatic rings. The lowest BCUT2D eigenvalue weighted by molar-refractivity contribution is 0.102. The zero-order valence-corrected chi connectivity index (χ0v) is 11.4. The van der Waals surface area contributed by atoms with E-state index in [9.17, 15) is 4.79 Å². The van der Waals surface area contributed by atoms with Gasteiger partial charge < -0.3 is 15.8 Å². The van der Waals surface area contributed by atoms with E-state index in [1.54, 1.807) is 24.4 Å². The first-order chi connectivity index (χ1) is 10.2. The number of carbonyl (C=O) groups is 1. The van der Waals surface area contributed by atoms with Gasteiger partial charge in [-0.2, -0.15) is 5.10 Å². The number of fused-ring (bicyclic) bond motifs is 1. The van der Waals surface area contributed by atoms with Crippen LogP contribution in [-0.2, 0) is 0 Å². The number of ether oxygens (including phenoxy) is 1.